The minimum Gasteiger partial charge on any atom is -0.463 e. The van der Waals surface area contributed by atoms with Crippen LogP contribution in [0.2, 0.25) is 0 Å². The quantitative estimate of drug-likeness (QED) is 0.499. The predicted molar refractivity (Wildman–Crippen MR) is 103 cm³/mol. The number of hydrogen-bond donors (Lipinski definition) is 1. The molecule has 0 aliphatic carbocycles. The first-order valence-corrected chi connectivity index (χ1v) is 9.82. The summed E-state index contributed by atoms with van der Waals surface area (Å²) >= 11 is 0. The number of hydrogen-bond acceptors (Lipinski definition) is 8. The highest BCUT2D eigenvalue weighted by Crippen LogP contribution is 2.39. The van der Waals surface area contributed by atoms with Gasteiger partial charge in [0.15, 0.2) is 12.1 Å². The van der Waals surface area contributed by atoms with Gasteiger partial charge in [0, 0.05) is 13.2 Å². The number of fused-ring (bicyclic) bond motifs is 1. The fourth-order valence-electron chi connectivity index (χ4n) is 3.33. The van der Waals surface area contributed by atoms with Crippen molar-refractivity contribution in [3.05, 3.63) is 12.2 Å². The third kappa shape index (κ3) is 6.67. The summed E-state index contributed by atoms with van der Waals surface area (Å²) < 4.78 is 33.6. The van der Waals surface area contributed by atoms with Crippen molar-refractivity contribution >= 4 is 12.1 Å². The molecule has 2 rings (SSSR count). The molecule has 0 aromatic heterocycles. The molecule has 166 valence electrons. The Morgan fingerprint density at radius 3 is 2.52 bits per heavy atom. The Kier molecular flexibility index (Phi) is 7.67. The zero-order chi connectivity index (χ0) is 21.8. The minimum atomic E-state index is -0.783. The van der Waals surface area contributed by atoms with E-state index in [2.05, 4.69) is 5.32 Å². The molecule has 0 spiro atoms. The van der Waals surface area contributed by atoms with Crippen LogP contribution in [0.4, 0.5) is 4.79 Å². The van der Waals surface area contributed by atoms with Gasteiger partial charge in [-0.15, -0.1) is 0 Å². The first-order valence-electron chi connectivity index (χ1n) is 9.82. The topological polar surface area (TPSA) is 102 Å². The Morgan fingerprint density at radius 1 is 1.24 bits per heavy atom. The largest absolute Gasteiger partial charge is 0.463 e. The van der Waals surface area contributed by atoms with E-state index in [4.69, 9.17) is 28.4 Å². The zero-order valence-electron chi connectivity index (χ0n) is 18.2. The van der Waals surface area contributed by atoms with E-state index in [1.807, 2.05) is 0 Å². The molecule has 0 bridgehead atoms. The number of alkyl carbamates (subject to hydrolysis) is 1. The Hall–Kier alpha value is -1.68. The highest BCUT2D eigenvalue weighted by atomic mass is 16.8. The highest BCUT2D eigenvalue weighted by molar-refractivity contribution is 5.81. The maximum Gasteiger partial charge on any atom is 0.407 e. The van der Waals surface area contributed by atoms with Crippen molar-refractivity contribution in [3.63, 3.8) is 0 Å². The van der Waals surface area contributed by atoms with Gasteiger partial charge in [-0.3, -0.25) is 0 Å². The van der Waals surface area contributed by atoms with Gasteiger partial charge in [0.2, 0.25) is 0 Å². The van der Waals surface area contributed by atoms with E-state index >= 15 is 0 Å². The van der Waals surface area contributed by atoms with Gasteiger partial charge in [-0.1, -0.05) is 6.08 Å². The molecule has 0 aromatic rings. The van der Waals surface area contributed by atoms with Gasteiger partial charge in [0.1, 0.15) is 23.9 Å². The van der Waals surface area contributed by atoms with E-state index in [0.717, 1.165) is 0 Å². The maximum absolute atomic E-state index is 12.4. The SMILES string of the molecule is CCOC(=O)/C=C/C[C@H](NC(=O)OC(C)(C)C)[C@H]1O[C@@H]2OC(C)(C)O[C@@H]2[C@H]1OC. The molecule has 2 saturated heterocycles. The lowest BCUT2D eigenvalue weighted by molar-refractivity contribution is -0.219. The molecule has 2 aliphatic heterocycles. The van der Waals surface area contributed by atoms with Gasteiger partial charge in [-0.25, -0.2) is 9.59 Å². The number of nitrogens with one attached hydrogen (secondary N) is 1. The molecule has 0 aromatic carbocycles. The summed E-state index contributed by atoms with van der Waals surface area (Å²) in [7, 11) is 1.55. The van der Waals surface area contributed by atoms with Gasteiger partial charge >= 0.3 is 12.1 Å². The van der Waals surface area contributed by atoms with Crippen LogP contribution in [-0.2, 0) is 33.2 Å². The normalized spacial score (nSPS) is 29.5. The Bertz CT molecular complexity index is 612. The molecule has 2 aliphatic rings. The van der Waals surface area contributed by atoms with Crippen LogP contribution >= 0.6 is 0 Å². The van der Waals surface area contributed by atoms with E-state index < -0.39 is 54.1 Å². The maximum atomic E-state index is 12.4. The minimum absolute atomic E-state index is 0.286. The average Bonchev–Trinajstić information content (AvgIpc) is 3.03. The summed E-state index contributed by atoms with van der Waals surface area (Å²) in [4.78, 5) is 24.0. The Balaban J connectivity index is 2.13. The monoisotopic (exact) mass is 415 g/mol. The van der Waals surface area contributed by atoms with Crippen LogP contribution in [0.25, 0.3) is 0 Å². The second-order valence-electron chi connectivity index (χ2n) is 8.41. The molecule has 1 amide bonds. The van der Waals surface area contributed by atoms with Crippen molar-refractivity contribution in [1.29, 1.82) is 0 Å². The van der Waals surface area contributed by atoms with E-state index in [1.165, 1.54) is 6.08 Å². The number of amides is 1. The van der Waals surface area contributed by atoms with Crippen LogP contribution in [0.15, 0.2) is 12.2 Å². The Labute approximate surface area is 172 Å². The molecular formula is C20H33NO8. The molecular weight excluding hydrogens is 382 g/mol. The molecule has 29 heavy (non-hydrogen) atoms. The Morgan fingerprint density at radius 2 is 1.93 bits per heavy atom. The summed E-state index contributed by atoms with van der Waals surface area (Å²) in [6.45, 7) is 11.0. The van der Waals surface area contributed by atoms with Crippen molar-refractivity contribution in [1.82, 2.24) is 5.32 Å². The first-order chi connectivity index (χ1) is 13.5. The lowest BCUT2D eigenvalue weighted by atomic mass is 10.0. The van der Waals surface area contributed by atoms with Crippen LogP contribution in [0.5, 0.6) is 0 Å². The molecule has 5 atom stereocenters. The van der Waals surface area contributed by atoms with Gasteiger partial charge in [-0.05, 0) is 48.0 Å². The summed E-state index contributed by atoms with van der Waals surface area (Å²) in [5.74, 6) is -1.24. The zero-order valence-corrected chi connectivity index (χ0v) is 18.2. The van der Waals surface area contributed by atoms with Crippen LogP contribution < -0.4 is 5.32 Å². The van der Waals surface area contributed by atoms with Crippen molar-refractivity contribution in [2.45, 2.75) is 90.0 Å². The molecule has 1 N–H and O–H groups in total. The summed E-state index contributed by atoms with van der Waals surface area (Å²) in [6, 6.07) is -0.540. The summed E-state index contributed by atoms with van der Waals surface area (Å²) in [5.41, 5.74) is -0.653. The number of rotatable bonds is 7. The van der Waals surface area contributed by atoms with Gasteiger partial charge in [0.25, 0.3) is 0 Å². The summed E-state index contributed by atoms with van der Waals surface area (Å²) in [6.07, 6.45) is 0.559. The van der Waals surface area contributed by atoms with E-state index in [0.29, 0.717) is 6.42 Å². The van der Waals surface area contributed by atoms with Crippen LogP contribution in [-0.4, -0.2) is 67.8 Å². The predicted octanol–water partition coefficient (Wildman–Crippen LogP) is 2.28. The van der Waals surface area contributed by atoms with Crippen molar-refractivity contribution in [3.8, 4) is 0 Å². The third-order valence-corrected chi connectivity index (χ3v) is 4.33. The number of carbonyl (C=O) groups is 2. The van der Waals surface area contributed by atoms with E-state index in [-0.39, 0.29) is 6.61 Å². The van der Waals surface area contributed by atoms with Crippen molar-refractivity contribution in [2.24, 2.45) is 0 Å². The number of esters is 1. The fourth-order valence-corrected chi connectivity index (χ4v) is 3.33. The number of ether oxygens (including phenoxy) is 6. The van der Waals surface area contributed by atoms with Crippen LogP contribution in [0.3, 0.4) is 0 Å². The van der Waals surface area contributed by atoms with Crippen molar-refractivity contribution < 1.29 is 38.0 Å². The number of methoxy groups -OCH3 is 1. The van der Waals surface area contributed by atoms with Gasteiger partial charge in [-0.2, -0.15) is 0 Å². The standard InChI is InChI=1S/C20H33NO8/c1-8-25-13(22)11-9-10-12(21-18(23)29-19(2,3)4)14-15(24-7)16-17(26-14)28-20(5,6)27-16/h9,11-12,14-17H,8,10H2,1-7H3,(H,21,23)/b11-9+/t12-,14+,15-,16+,17+/m0/s1. The molecule has 9 nitrogen and oxygen atoms in total. The molecule has 2 fully saturated rings. The van der Waals surface area contributed by atoms with Gasteiger partial charge < -0.3 is 33.7 Å². The third-order valence-electron chi connectivity index (χ3n) is 4.33. The smallest absolute Gasteiger partial charge is 0.407 e. The lowest BCUT2D eigenvalue weighted by Gasteiger charge is -2.31. The average molecular weight is 415 g/mol. The fraction of sp³-hybridized carbons (Fsp3) is 0.800. The van der Waals surface area contributed by atoms with Crippen LogP contribution in [0.1, 0.15) is 48.0 Å². The van der Waals surface area contributed by atoms with E-state index in [9.17, 15) is 9.59 Å². The molecule has 0 unspecified atom stereocenters. The van der Waals surface area contributed by atoms with Gasteiger partial charge in [0.05, 0.1) is 12.6 Å². The molecule has 0 saturated carbocycles. The second kappa shape index (κ2) is 9.42. The highest BCUT2D eigenvalue weighted by Gasteiger charge is 2.57. The number of carbonyl (C=O) groups excluding carboxylic acids is 2. The second-order valence-corrected chi connectivity index (χ2v) is 8.41. The first kappa shape index (κ1) is 23.6. The van der Waals surface area contributed by atoms with E-state index in [1.54, 1.807) is 54.7 Å². The van der Waals surface area contributed by atoms with Crippen molar-refractivity contribution in [2.75, 3.05) is 13.7 Å². The molecule has 2 heterocycles. The summed E-state index contributed by atoms with van der Waals surface area (Å²) in [5, 5.41) is 2.81. The molecule has 9 heteroatoms. The van der Waals surface area contributed by atoms with Crippen LogP contribution in [0, 0.1) is 0 Å². The lowest BCUT2D eigenvalue weighted by Crippen LogP contribution is -2.51. The molecule has 0 radical (unpaired) electrons.